The van der Waals surface area contributed by atoms with Gasteiger partial charge < -0.3 is 14.2 Å². The first kappa shape index (κ1) is 15.7. The smallest absolute Gasteiger partial charge is 0.338 e. The quantitative estimate of drug-likeness (QED) is 0.615. The Balaban J connectivity index is 1.31. The lowest BCUT2D eigenvalue weighted by atomic mass is 10.2. The average Bonchev–Trinajstić information content (AvgIpc) is 3.34. The molecule has 0 radical (unpaired) electrons. The van der Waals surface area contributed by atoms with Crippen molar-refractivity contribution < 1.29 is 19.0 Å². The van der Waals surface area contributed by atoms with Crippen molar-refractivity contribution >= 4 is 17.7 Å². The van der Waals surface area contributed by atoms with Gasteiger partial charge in [-0.3, -0.25) is 0 Å². The molecule has 2 fully saturated rings. The Hall–Kier alpha value is -1.82. The van der Waals surface area contributed by atoms with Gasteiger partial charge in [0.25, 0.3) is 0 Å². The third-order valence-electron chi connectivity index (χ3n) is 4.17. The lowest BCUT2D eigenvalue weighted by molar-refractivity contribution is -0.0290. The van der Waals surface area contributed by atoms with Crippen LogP contribution in [0.1, 0.15) is 15.9 Å². The number of carbonyl (C=O) groups is 1. The van der Waals surface area contributed by atoms with Gasteiger partial charge in [0.2, 0.25) is 0 Å². The molecule has 24 heavy (non-hydrogen) atoms. The topological polar surface area (TPSA) is 48.1 Å². The SMILES string of the molecule is Cc1ccc(S[C@H]2O[C@H](COC(=O)c3ccccc3)[C@H]3O[C@H]32)cc1. The number of ether oxygens (including phenoxy) is 3. The van der Waals surface area contributed by atoms with Crippen molar-refractivity contribution in [3.8, 4) is 0 Å². The predicted octanol–water partition coefficient (Wildman–Crippen LogP) is 3.44. The molecule has 2 aliphatic heterocycles. The Labute approximate surface area is 145 Å². The fraction of sp³-hybridized carbons (Fsp3) is 0.316. The number of epoxide rings is 1. The zero-order valence-electron chi connectivity index (χ0n) is 13.3. The van der Waals surface area contributed by atoms with E-state index in [1.165, 1.54) is 5.56 Å². The molecular weight excluding hydrogens is 324 g/mol. The van der Waals surface area contributed by atoms with E-state index >= 15 is 0 Å². The number of fused-ring (bicyclic) bond motifs is 1. The fourth-order valence-electron chi connectivity index (χ4n) is 2.78. The summed E-state index contributed by atoms with van der Waals surface area (Å²) in [6, 6.07) is 17.3. The molecule has 4 nitrogen and oxygen atoms in total. The van der Waals surface area contributed by atoms with Crippen LogP contribution in [0.2, 0.25) is 0 Å². The number of benzene rings is 2. The molecule has 2 aromatic rings. The van der Waals surface area contributed by atoms with E-state index in [9.17, 15) is 4.79 Å². The highest BCUT2D eigenvalue weighted by Crippen LogP contribution is 2.46. The molecule has 0 aliphatic carbocycles. The van der Waals surface area contributed by atoms with Crippen molar-refractivity contribution in [1.82, 2.24) is 0 Å². The van der Waals surface area contributed by atoms with Gasteiger partial charge in [-0.2, -0.15) is 0 Å². The van der Waals surface area contributed by atoms with E-state index in [4.69, 9.17) is 14.2 Å². The number of esters is 1. The number of hydrogen-bond acceptors (Lipinski definition) is 5. The lowest BCUT2D eigenvalue weighted by Gasteiger charge is -2.17. The summed E-state index contributed by atoms with van der Waals surface area (Å²) in [7, 11) is 0. The van der Waals surface area contributed by atoms with Crippen LogP contribution in [0.4, 0.5) is 0 Å². The third kappa shape index (κ3) is 3.34. The molecule has 2 saturated heterocycles. The molecule has 0 N–H and O–H groups in total. The monoisotopic (exact) mass is 342 g/mol. The van der Waals surface area contributed by atoms with Crippen molar-refractivity contribution in [1.29, 1.82) is 0 Å². The molecule has 2 aliphatic rings. The van der Waals surface area contributed by atoms with Gasteiger partial charge in [-0.1, -0.05) is 47.7 Å². The summed E-state index contributed by atoms with van der Waals surface area (Å²) in [6.07, 6.45) is -0.0566. The van der Waals surface area contributed by atoms with Crippen LogP contribution in [-0.2, 0) is 14.2 Å². The van der Waals surface area contributed by atoms with E-state index in [2.05, 4.69) is 31.2 Å². The summed E-state index contributed by atoms with van der Waals surface area (Å²) >= 11 is 1.66. The molecule has 5 heteroatoms. The maximum atomic E-state index is 12.0. The van der Waals surface area contributed by atoms with E-state index in [0.717, 1.165) is 4.90 Å². The zero-order valence-corrected chi connectivity index (χ0v) is 14.1. The number of aryl methyl sites for hydroxylation is 1. The van der Waals surface area contributed by atoms with E-state index in [-0.39, 0.29) is 36.3 Å². The Morgan fingerprint density at radius 3 is 2.54 bits per heavy atom. The standard InChI is InChI=1S/C19H18O4S/c1-12-7-9-14(10-8-12)24-19-17-16(23-17)15(22-19)11-21-18(20)13-5-3-2-4-6-13/h2-10,15-17,19H,11H2,1H3/t15-,16-,17-,19-/m1/s1. The maximum Gasteiger partial charge on any atom is 0.338 e. The summed E-state index contributed by atoms with van der Waals surface area (Å²) < 4.78 is 17.0. The van der Waals surface area contributed by atoms with Gasteiger partial charge >= 0.3 is 5.97 Å². The summed E-state index contributed by atoms with van der Waals surface area (Å²) in [4.78, 5) is 13.2. The minimum absolute atomic E-state index is 0.0384. The average molecular weight is 342 g/mol. The number of thioether (sulfide) groups is 1. The Bertz CT molecular complexity index is 716. The minimum Gasteiger partial charge on any atom is -0.459 e. The van der Waals surface area contributed by atoms with Gasteiger partial charge in [-0.25, -0.2) is 4.79 Å². The first-order valence-electron chi connectivity index (χ1n) is 7.97. The second kappa shape index (κ2) is 6.59. The highest BCUT2D eigenvalue weighted by Gasteiger charge is 2.58. The van der Waals surface area contributed by atoms with Crippen LogP contribution >= 0.6 is 11.8 Å². The van der Waals surface area contributed by atoms with Gasteiger partial charge in [-0.05, 0) is 31.2 Å². The Kier molecular flexibility index (Phi) is 4.31. The molecule has 2 heterocycles. The maximum absolute atomic E-state index is 12.0. The molecule has 0 aromatic heterocycles. The Morgan fingerprint density at radius 2 is 1.79 bits per heavy atom. The van der Waals surface area contributed by atoms with Gasteiger partial charge in [0.1, 0.15) is 30.4 Å². The van der Waals surface area contributed by atoms with E-state index in [1.807, 2.05) is 18.2 Å². The number of rotatable bonds is 5. The van der Waals surface area contributed by atoms with Gasteiger partial charge in [0, 0.05) is 4.90 Å². The molecule has 4 atom stereocenters. The van der Waals surface area contributed by atoms with Crippen molar-refractivity contribution in [2.24, 2.45) is 0 Å². The van der Waals surface area contributed by atoms with Crippen LogP contribution in [0.25, 0.3) is 0 Å². The van der Waals surface area contributed by atoms with Gasteiger partial charge in [0.05, 0.1) is 5.56 Å². The predicted molar refractivity (Wildman–Crippen MR) is 91.1 cm³/mol. The highest BCUT2D eigenvalue weighted by atomic mass is 32.2. The first-order valence-corrected chi connectivity index (χ1v) is 8.85. The van der Waals surface area contributed by atoms with Gasteiger partial charge in [-0.15, -0.1) is 0 Å². The molecule has 124 valence electrons. The van der Waals surface area contributed by atoms with E-state index in [0.29, 0.717) is 5.56 Å². The molecule has 0 bridgehead atoms. The van der Waals surface area contributed by atoms with Crippen LogP contribution in [0, 0.1) is 6.92 Å². The Morgan fingerprint density at radius 1 is 1.04 bits per heavy atom. The summed E-state index contributed by atoms with van der Waals surface area (Å²) in [6.45, 7) is 2.29. The van der Waals surface area contributed by atoms with Crippen LogP contribution in [0.15, 0.2) is 59.5 Å². The van der Waals surface area contributed by atoms with Crippen LogP contribution < -0.4 is 0 Å². The van der Waals surface area contributed by atoms with Crippen LogP contribution in [0.3, 0.4) is 0 Å². The molecule has 0 saturated carbocycles. The second-order valence-corrected chi connectivity index (χ2v) is 7.18. The summed E-state index contributed by atoms with van der Waals surface area (Å²) in [5, 5.41) is 0. The molecular formula is C19H18O4S. The van der Waals surface area contributed by atoms with Crippen molar-refractivity contribution in [2.45, 2.75) is 35.6 Å². The normalized spacial score (nSPS) is 27.5. The highest BCUT2D eigenvalue weighted by molar-refractivity contribution is 7.99. The summed E-state index contributed by atoms with van der Waals surface area (Å²) in [5.41, 5.74) is 1.74. The first-order chi connectivity index (χ1) is 11.7. The number of hydrogen-bond donors (Lipinski definition) is 0. The number of carbonyl (C=O) groups excluding carboxylic acids is 1. The van der Waals surface area contributed by atoms with Crippen molar-refractivity contribution in [3.05, 3.63) is 65.7 Å². The summed E-state index contributed by atoms with van der Waals surface area (Å²) in [5.74, 6) is -0.328. The van der Waals surface area contributed by atoms with E-state index < -0.39 is 0 Å². The van der Waals surface area contributed by atoms with Gasteiger partial charge in [0.15, 0.2) is 0 Å². The largest absolute Gasteiger partial charge is 0.459 e. The lowest BCUT2D eigenvalue weighted by Crippen LogP contribution is -2.25. The molecule has 2 aromatic carbocycles. The van der Waals surface area contributed by atoms with Crippen molar-refractivity contribution in [3.63, 3.8) is 0 Å². The molecule has 4 rings (SSSR count). The van der Waals surface area contributed by atoms with Crippen molar-refractivity contribution in [2.75, 3.05) is 6.61 Å². The van der Waals surface area contributed by atoms with E-state index in [1.54, 1.807) is 23.9 Å². The zero-order chi connectivity index (χ0) is 16.5. The minimum atomic E-state index is -0.328. The fourth-order valence-corrected chi connectivity index (χ4v) is 3.89. The third-order valence-corrected chi connectivity index (χ3v) is 5.32. The van der Waals surface area contributed by atoms with Crippen LogP contribution in [-0.4, -0.2) is 36.3 Å². The molecule has 0 amide bonds. The van der Waals surface area contributed by atoms with Crippen LogP contribution in [0.5, 0.6) is 0 Å². The second-order valence-electron chi connectivity index (χ2n) is 6.00. The molecule has 0 spiro atoms. The molecule has 0 unspecified atom stereocenters.